The summed E-state index contributed by atoms with van der Waals surface area (Å²) in [6.07, 6.45) is 1.60. The van der Waals surface area contributed by atoms with Crippen LogP contribution < -0.4 is 0 Å². The van der Waals surface area contributed by atoms with Crippen molar-refractivity contribution in [1.82, 2.24) is 4.90 Å². The molecular formula is C10H16N2O2. The van der Waals surface area contributed by atoms with Gasteiger partial charge in [-0.3, -0.25) is 4.79 Å². The molecule has 1 heterocycles. The minimum atomic E-state index is 0.0447. The summed E-state index contributed by atoms with van der Waals surface area (Å²) in [5.74, 6) is 0.175. The van der Waals surface area contributed by atoms with E-state index in [4.69, 9.17) is 10.00 Å². The average molecular weight is 196 g/mol. The number of likely N-dealkylation sites (tertiary alicyclic amines) is 1. The second-order valence-corrected chi connectivity index (χ2v) is 3.42. The van der Waals surface area contributed by atoms with Crippen molar-refractivity contribution in [1.29, 1.82) is 5.26 Å². The van der Waals surface area contributed by atoms with Gasteiger partial charge in [0.2, 0.25) is 5.91 Å². The van der Waals surface area contributed by atoms with Crippen molar-refractivity contribution in [3.05, 3.63) is 0 Å². The number of nitriles is 1. The smallest absolute Gasteiger partial charge is 0.248 e. The fourth-order valence-corrected chi connectivity index (χ4v) is 1.54. The zero-order valence-electron chi connectivity index (χ0n) is 8.53. The number of rotatable bonds is 3. The summed E-state index contributed by atoms with van der Waals surface area (Å²) in [7, 11) is 0. The Morgan fingerprint density at radius 1 is 1.57 bits per heavy atom. The third-order valence-corrected chi connectivity index (χ3v) is 2.46. The van der Waals surface area contributed by atoms with E-state index in [1.807, 2.05) is 6.92 Å². The van der Waals surface area contributed by atoms with E-state index in [0.29, 0.717) is 19.7 Å². The van der Waals surface area contributed by atoms with Crippen LogP contribution in [0.25, 0.3) is 0 Å². The molecular weight excluding hydrogens is 180 g/mol. The molecule has 1 rings (SSSR count). The van der Waals surface area contributed by atoms with Gasteiger partial charge in [-0.15, -0.1) is 0 Å². The highest BCUT2D eigenvalue weighted by molar-refractivity contribution is 5.77. The maximum Gasteiger partial charge on any atom is 0.248 e. The molecule has 1 saturated heterocycles. The normalized spacial score (nSPS) is 17.9. The monoisotopic (exact) mass is 196 g/mol. The van der Waals surface area contributed by atoms with Crippen LogP contribution in [0.1, 0.15) is 19.8 Å². The van der Waals surface area contributed by atoms with E-state index in [0.717, 1.165) is 12.8 Å². The summed E-state index contributed by atoms with van der Waals surface area (Å²) in [6, 6.07) is 2.24. The molecule has 1 aliphatic heterocycles. The Morgan fingerprint density at radius 2 is 2.21 bits per heavy atom. The van der Waals surface area contributed by atoms with Gasteiger partial charge in [0.25, 0.3) is 0 Å². The van der Waals surface area contributed by atoms with Crippen molar-refractivity contribution in [2.45, 2.75) is 19.8 Å². The van der Waals surface area contributed by atoms with Crippen molar-refractivity contribution in [2.75, 3.05) is 26.3 Å². The van der Waals surface area contributed by atoms with E-state index >= 15 is 0 Å². The Labute approximate surface area is 84.4 Å². The molecule has 0 aliphatic carbocycles. The first-order chi connectivity index (χ1) is 6.77. The molecule has 1 fully saturated rings. The molecule has 0 spiro atoms. The summed E-state index contributed by atoms with van der Waals surface area (Å²) in [5.41, 5.74) is 0. The van der Waals surface area contributed by atoms with E-state index in [-0.39, 0.29) is 18.4 Å². The lowest BCUT2D eigenvalue weighted by Crippen LogP contribution is -2.40. The van der Waals surface area contributed by atoms with Crippen molar-refractivity contribution in [2.24, 2.45) is 5.92 Å². The predicted molar refractivity (Wildman–Crippen MR) is 51.4 cm³/mol. The predicted octanol–water partition coefficient (Wildman–Crippen LogP) is 0.785. The molecule has 0 atom stereocenters. The third kappa shape index (κ3) is 3.00. The van der Waals surface area contributed by atoms with Crippen molar-refractivity contribution in [3.8, 4) is 6.07 Å². The van der Waals surface area contributed by atoms with Gasteiger partial charge in [0.1, 0.15) is 6.61 Å². The van der Waals surface area contributed by atoms with Crippen LogP contribution in [0, 0.1) is 17.2 Å². The second-order valence-electron chi connectivity index (χ2n) is 3.42. The van der Waals surface area contributed by atoms with E-state index in [2.05, 4.69) is 6.07 Å². The van der Waals surface area contributed by atoms with Gasteiger partial charge >= 0.3 is 0 Å². The molecule has 1 amide bonds. The highest BCUT2D eigenvalue weighted by Crippen LogP contribution is 2.15. The summed E-state index contributed by atoms with van der Waals surface area (Å²) >= 11 is 0. The minimum absolute atomic E-state index is 0.0447. The zero-order valence-corrected chi connectivity index (χ0v) is 8.53. The molecule has 0 aromatic heterocycles. The van der Waals surface area contributed by atoms with Crippen LogP contribution in [-0.4, -0.2) is 37.1 Å². The highest BCUT2D eigenvalue weighted by Gasteiger charge is 2.21. The van der Waals surface area contributed by atoms with Crippen LogP contribution >= 0.6 is 0 Å². The van der Waals surface area contributed by atoms with E-state index < -0.39 is 0 Å². The highest BCUT2D eigenvalue weighted by atomic mass is 16.5. The summed E-state index contributed by atoms with van der Waals surface area (Å²) in [5, 5.41) is 8.68. The fourth-order valence-electron chi connectivity index (χ4n) is 1.54. The fraction of sp³-hybridized carbons (Fsp3) is 0.800. The number of ether oxygens (including phenoxy) is 1. The van der Waals surface area contributed by atoms with Crippen LogP contribution in [-0.2, 0) is 9.53 Å². The van der Waals surface area contributed by atoms with Gasteiger partial charge in [-0.2, -0.15) is 5.26 Å². The number of nitrogens with zero attached hydrogens (tertiary/aromatic N) is 2. The molecule has 0 aromatic rings. The Kier molecular flexibility index (Phi) is 4.41. The number of piperidine rings is 1. The first kappa shape index (κ1) is 11.0. The Balaban J connectivity index is 2.27. The van der Waals surface area contributed by atoms with Crippen LogP contribution in [0.2, 0.25) is 0 Å². The van der Waals surface area contributed by atoms with Crippen molar-refractivity contribution in [3.63, 3.8) is 0 Å². The average Bonchev–Trinajstić information content (AvgIpc) is 2.26. The zero-order chi connectivity index (χ0) is 10.4. The van der Waals surface area contributed by atoms with E-state index in [1.54, 1.807) is 4.90 Å². The lowest BCUT2D eigenvalue weighted by atomic mass is 9.99. The third-order valence-electron chi connectivity index (χ3n) is 2.46. The molecule has 0 bridgehead atoms. The quantitative estimate of drug-likeness (QED) is 0.670. The van der Waals surface area contributed by atoms with Gasteiger partial charge in [-0.1, -0.05) is 0 Å². The Morgan fingerprint density at radius 3 is 2.71 bits per heavy atom. The molecule has 14 heavy (non-hydrogen) atoms. The van der Waals surface area contributed by atoms with Crippen LogP contribution in [0.3, 0.4) is 0 Å². The molecule has 0 radical (unpaired) electrons. The van der Waals surface area contributed by atoms with Gasteiger partial charge < -0.3 is 9.64 Å². The summed E-state index contributed by atoms with van der Waals surface area (Å²) < 4.78 is 5.05. The molecule has 4 nitrogen and oxygen atoms in total. The van der Waals surface area contributed by atoms with Crippen molar-refractivity contribution >= 4 is 5.91 Å². The number of hydrogen-bond acceptors (Lipinski definition) is 3. The first-order valence-corrected chi connectivity index (χ1v) is 5.03. The Hall–Kier alpha value is -1.08. The van der Waals surface area contributed by atoms with E-state index in [9.17, 15) is 4.79 Å². The first-order valence-electron chi connectivity index (χ1n) is 5.03. The lowest BCUT2D eigenvalue weighted by Gasteiger charge is -2.28. The van der Waals surface area contributed by atoms with Gasteiger partial charge in [-0.05, 0) is 19.8 Å². The SMILES string of the molecule is CCOCC(=O)N1CCC(C#N)CC1. The number of amides is 1. The van der Waals surface area contributed by atoms with E-state index in [1.165, 1.54) is 0 Å². The molecule has 1 aliphatic rings. The largest absolute Gasteiger partial charge is 0.372 e. The van der Waals surface area contributed by atoms with Gasteiger partial charge in [0, 0.05) is 25.6 Å². The number of carbonyl (C=O) groups excluding carboxylic acids is 1. The topological polar surface area (TPSA) is 53.3 Å². The maximum atomic E-state index is 11.5. The summed E-state index contributed by atoms with van der Waals surface area (Å²) in [6.45, 7) is 4.01. The lowest BCUT2D eigenvalue weighted by molar-refractivity contribution is -0.137. The minimum Gasteiger partial charge on any atom is -0.372 e. The molecule has 4 heteroatoms. The summed E-state index contributed by atoms with van der Waals surface area (Å²) in [4.78, 5) is 13.3. The molecule has 0 unspecified atom stereocenters. The standard InChI is InChI=1S/C10H16N2O2/c1-2-14-8-10(13)12-5-3-9(7-11)4-6-12/h9H,2-6,8H2,1H3. The van der Waals surface area contributed by atoms with Gasteiger partial charge in [-0.25, -0.2) is 0 Å². The maximum absolute atomic E-state index is 11.5. The second kappa shape index (κ2) is 5.61. The number of hydrogen-bond donors (Lipinski definition) is 0. The molecule has 78 valence electrons. The molecule has 0 saturated carbocycles. The molecule has 0 N–H and O–H groups in total. The van der Waals surface area contributed by atoms with Gasteiger partial charge in [0.05, 0.1) is 6.07 Å². The van der Waals surface area contributed by atoms with Crippen LogP contribution in [0.15, 0.2) is 0 Å². The van der Waals surface area contributed by atoms with Crippen LogP contribution in [0.5, 0.6) is 0 Å². The van der Waals surface area contributed by atoms with Gasteiger partial charge in [0.15, 0.2) is 0 Å². The number of carbonyl (C=O) groups is 1. The Bertz CT molecular complexity index is 227. The van der Waals surface area contributed by atoms with Crippen molar-refractivity contribution < 1.29 is 9.53 Å². The van der Waals surface area contributed by atoms with Crippen LogP contribution in [0.4, 0.5) is 0 Å². The molecule has 0 aromatic carbocycles.